The molecule has 2 aliphatic heterocycles. The van der Waals surface area contributed by atoms with Gasteiger partial charge in [0.1, 0.15) is 0 Å². The van der Waals surface area contributed by atoms with E-state index in [0.717, 1.165) is 32.8 Å². The van der Waals surface area contributed by atoms with E-state index in [1.54, 1.807) is 12.4 Å². The molecule has 1 aromatic rings. The van der Waals surface area contributed by atoms with Gasteiger partial charge in [0.2, 0.25) is 0 Å². The molecule has 108 valence electrons. The summed E-state index contributed by atoms with van der Waals surface area (Å²) >= 11 is 1.47. The molecule has 20 heavy (non-hydrogen) atoms. The molecule has 0 aromatic carbocycles. The van der Waals surface area contributed by atoms with Crippen molar-refractivity contribution in [1.82, 2.24) is 19.8 Å². The molecule has 0 radical (unpaired) electrons. The average Bonchev–Trinajstić information content (AvgIpc) is 2.54. The van der Waals surface area contributed by atoms with Crippen LogP contribution in [-0.4, -0.2) is 77.4 Å². The monoisotopic (exact) mass is 294 g/mol. The van der Waals surface area contributed by atoms with E-state index in [9.17, 15) is 4.79 Å². The first-order valence-electron chi connectivity index (χ1n) is 6.75. The molecule has 0 spiro atoms. The number of aromatic nitrogens is 2. The number of carbonyl (C=O) groups is 1. The van der Waals surface area contributed by atoms with Crippen LogP contribution in [0.2, 0.25) is 0 Å². The fourth-order valence-corrected chi connectivity index (χ4v) is 2.96. The Morgan fingerprint density at radius 1 is 1.35 bits per heavy atom. The molecule has 2 aliphatic rings. The molecule has 3 rings (SSSR count). The van der Waals surface area contributed by atoms with Crippen LogP contribution in [0.5, 0.6) is 0 Å². The van der Waals surface area contributed by atoms with Gasteiger partial charge in [-0.15, -0.1) is 0 Å². The number of morpholine rings is 1. The Morgan fingerprint density at radius 2 is 2.15 bits per heavy atom. The van der Waals surface area contributed by atoms with Gasteiger partial charge in [-0.05, 0) is 6.26 Å². The standard InChI is InChI=1S/C13H18N4O2S/c1-20-13-14-6-10(7-15-13)12(18)17-3-2-16-4-5-19-9-11(16)8-17/h6-7,11H,2-5,8-9H2,1H3. The molecule has 0 saturated carbocycles. The SMILES string of the molecule is CSc1ncc(C(=O)N2CCN3CCOCC3C2)cn1. The van der Waals surface area contributed by atoms with Gasteiger partial charge in [0, 0.05) is 38.6 Å². The molecule has 2 saturated heterocycles. The Hall–Kier alpha value is -1.18. The van der Waals surface area contributed by atoms with Crippen LogP contribution in [0.4, 0.5) is 0 Å². The van der Waals surface area contributed by atoms with Crippen molar-refractivity contribution in [3.8, 4) is 0 Å². The van der Waals surface area contributed by atoms with Crippen LogP contribution < -0.4 is 0 Å². The predicted octanol–water partition coefficient (Wildman–Crippen LogP) is 0.355. The van der Waals surface area contributed by atoms with Crippen LogP contribution in [0, 0.1) is 0 Å². The van der Waals surface area contributed by atoms with Crippen molar-refractivity contribution < 1.29 is 9.53 Å². The topological polar surface area (TPSA) is 58.6 Å². The van der Waals surface area contributed by atoms with Gasteiger partial charge in [-0.3, -0.25) is 9.69 Å². The molecule has 1 atom stereocenters. The predicted molar refractivity (Wildman–Crippen MR) is 75.9 cm³/mol. The second-order valence-electron chi connectivity index (χ2n) is 4.97. The summed E-state index contributed by atoms with van der Waals surface area (Å²) in [4.78, 5) is 25.1. The molecule has 0 aliphatic carbocycles. The quantitative estimate of drug-likeness (QED) is 0.580. The molecule has 6 nitrogen and oxygen atoms in total. The first-order valence-corrected chi connectivity index (χ1v) is 7.97. The van der Waals surface area contributed by atoms with Crippen LogP contribution in [0.25, 0.3) is 0 Å². The third-order valence-electron chi connectivity index (χ3n) is 3.78. The number of piperazine rings is 1. The van der Waals surface area contributed by atoms with E-state index in [-0.39, 0.29) is 5.91 Å². The summed E-state index contributed by atoms with van der Waals surface area (Å²) in [6.45, 7) is 4.89. The fourth-order valence-electron chi connectivity index (χ4n) is 2.65. The van der Waals surface area contributed by atoms with Crippen LogP contribution in [0.15, 0.2) is 17.6 Å². The van der Waals surface area contributed by atoms with Crippen molar-refractivity contribution in [2.45, 2.75) is 11.2 Å². The molecule has 1 aromatic heterocycles. The number of hydrogen-bond donors (Lipinski definition) is 0. The summed E-state index contributed by atoms with van der Waals surface area (Å²) in [5, 5.41) is 0.687. The van der Waals surface area contributed by atoms with Crippen molar-refractivity contribution in [2.24, 2.45) is 0 Å². The molecular weight excluding hydrogens is 276 g/mol. The fraction of sp³-hybridized carbons (Fsp3) is 0.615. The second-order valence-corrected chi connectivity index (χ2v) is 5.75. The lowest BCUT2D eigenvalue weighted by Crippen LogP contribution is -2.59. The first-order chi connectivity index (χ1) is 9.78. The summed E-state index contributed by atoms with van der Waals surface area (Å²) in [5.41, 5.74) is 0.563. The zero-order chi connectivity index (χ0) is 13.9. The summed E-state index contributed by atoms with van der Waals surface area (Å²) in [7, 11) is 0. The highest BCUT2D eigenvalue weighted by molar-refractivity contribution is 7.98. The Balaban J connectivity index is 1.67. The minimum Gasteiger partial charge on any atom is -0.378 e. The van der Waals surface area contributed by atoms with Crippen LogP contribution >= 0.6 is 11.8 Å². The smallest absolute Gasteiger partial charge is 0.257 e. The number of thioether (sulfide) groups is 1. The van der Waals surface area contributed by atoms with E-state index in [4.69, 9.17) is 4.74 Å². The van der Waals surface area contributed by atoms with Gasteiger partial charge in [-0.1, -0.05) is 11.8 Å². The number of amides is 1. The van der Waals surface area contributed by atoms with Crippen molar-refractivity contribution in [3.05, 3.63) is 18.0 Å². The number of nitrogens with zero attached hydrogens (tertiary/aromatic N) is 4. The highest BCUT2D eigenvalue weighted by atomic mass is 32.2. The summed E-state index contributed by atoms with van der Waals surface area (Å²) in [6.07, 6.45) is 5.15. The minimum absolute atomic E-state index is 0.0166. The maximum atomic E-state index is 12.5. The highest BCUT2D eigenvalue weighted by Crippen LogP contribution is 2.16. The molecule has 3 heterocycles. The van der Waals surface area contributed by atoms with E-state index >= 15 is 0 Å². The molecular formula is C13H18N4O2S. The maximum Gasteiger partial charge on any atom is 0.257 e. The lowest BCUT2D eigenvalue weighted by Gasteiger charge is -2.43. The van der Waals surface area contributed by atoms with Crippen LogP contribution in [0.1, 0.15) is 10.4 Å². The maximum absolute atomic E-state index is 12.5. The van der Waals surface area contributed by atoms with Crippen molar-refractivity contribution >= 4 is 17.7 Å². The lowest BCUT2D eigenvalue weighted by atomic mass is 10.1. The van der Waals surface area contributed by atoms with Crippen molar-refractivity contribution in [3.63, 3.8) is 0 Å². The van der Waals surface area contributed by atoms with Crippen LogP contribution in [-0.2, 0) is 4.74 Å². The summed E-state index contributed by atoms with van der Waals surface area (Å²) in [6, 6.07) is 0.327. The van der Waals surface area contributed by atoms with Gasteiger partial charge in [0.15, 0.2) is 5.16 Å². The Bertz CT molecular complexity index is 482. The number of fused-ring (bicyclic) bond motifs is 1. The zero-order valence-electron chi connectivity index (χ0n) is 11.5. The number of hydrogen-bond acceptors (Lipinski definition) is 6. The molecule has 1 amide bonds. The van der Waals surface area contributed by atoms with Gasteiger partial charge in [-0.25, -0.2) is 9.97 Å². The van der Waals surface area contributed by atoms with E-state index in [0.29, 0.717) is 23.4 Å². The Morgan fingerprint density at radius 3 is 2.90 bits per heavy atom. The summed E-state index contributed by atoms with van der Waals surface area (Å²) < 4.78 is 5.50. The number of ether oxygens (including phenoxy) is 1. The van der Waals surface area contributed by atoms with E-state index < -0.39 is 0 Å². The molecule has 2 fully saturated rings. The highest BCUT2D eigenvalue weighted by Gasteiger charge is 2.32. The largest absolute Gasteiger partial charge is 0.378 e. The van der Waals surface area contributed by atoms with Gasteiger partial charge < -0.3 is 9.64 Å². The Labute approximate surface area is 122 Å². The molecule has 0 bridgehead atoms. The number of rotatable bonds is 2. The summed E-state index contributed by atoms with van der Waals surface area (Å²) in [5.74, 6) is 0.0166. The van der Waals surface area contributed by atoms with Gasteiger partial charge >= 0.3 is 0 Å². The van der Waals surface area contributed by atoms with Gasteiger partial charge in [0.05, 0.1) is 24.8 Å². The van der Waals surface area contributed by atoms with E-state index in [1.165, 1.54) is 11.8 Å². The van der Waals surface area contributed by atoms with E-state index in [1.807, 2.05) is 11.2 Å². The van der Waals surface area contributed by atoms with Gasteiger partial charge in [0.25, 0.3) is 5.91 Å². The van der Waals surface area contributed by atoms with Crippen molar-refractivity contribution in [2.75, 3.05) is 45.6 Å². The Kier molecular flexibility index (Phi) is 4.18. The molecule has 1 unspecified atom stereocenters. The second kappa shape index (κ2) is 6.07. The normalized spacial score (nSPS) is 23.4. The van der Waals surface area contributed by atoms with Gasteiger partial charge in [-0.2, -0.15) is 0 Å². The zero-order valence-corrected chi connectivity index (χ0v) is 12.3. The minimum atomic E-state index is 0.0166. The third-order valence-corrected chi connectivity index (χ3v) is 4.36. The third kappa shape index (κ3) is 2.79. The molecule has 0 N–H and O–H groups in total. The van der Waals surface area contributed by atoms with Crippen LogP contribution in [0.3, 0.4) is 0 Å². The average molecular weight is 294 g/mol. The number of carbonyl (C=O) groups excluding carboxylic acids is 1. The molecule has 7 heteroatoms. The van der Waals surface area contributed by atoms with E-state index in [2.05, 4.69) is 14.9 Å². The lowest BCUT2D eigenvalue weighted by molar-refractivity contribution is -0.0395. The first kappa shape index (κ1) is 13.8. The van der Waals surface area contributed by atoms with Crippen molar-refractivity contribution in [1.29, 1.82) is 0 Å².